The number of nitrogens with one attached hydrogen (secondary N) is 1. The Kier molecular flexibility index (Phi) is 5.83. The van der Waals surface area contributed by atoms with Crippen molar-refractivity contribution in [3.05, 3.63) is 57.9 Å². The lowest BCUT2D eigenvalue weighted by Gasteiger charge is -2.30. The van der Waals surface area contributed by atoms with E-state index in [2.05, 4.69) is 10.2 Å². The molecule has 30 heavy (non-hydrogen) atoms. The predicted octanol–water partition coefficient (Wildman–Crippen LogP) is 4.58. The van der Waals surface area contributed by atoms with E-state index in [1.807, 2.05) is 4.90 Å². The molecule has 1 amide bonds. The lowest BCUT2D eigenvalue weighted by atomic mass is 10.1. The molecular formula is C22H25FN4O3. The number of carbonyl (C=O) groups is 1. The summed E-state index contributed by atoms with van der Waals surface area (Å²) in [6.45, 7) is 3.25. The van der Waals surface area contributed by atoms with Gasteiger partial charge in [-0.3, -0.25) is 14.9 Å². The van der Waals surface area contributed by atoms with Crippen molar-refractivity contribution in [2.75, 3.05) is 41.3 Å². The van der Waals surface area contributed by atoms with E-state index in [9.17, 15) is 19.3 Å². The van der Waals surface area contributed by atoms with Gasteiger partial charge in [0.1, 0.15) is 11.5 Å². The molecule has 2 saturated heterocycles. The Morgan fingerprint density at radius 2 is 1.50 bits per heavy atom. The lowest BCUT2D eigenvalue weighted by Crippen LogP contribution is -2.30. The van der Waals surface area contributed by atoms with E-state index in [1.165, 1.54) is 18.2 Å². The van der Waals surface area contributed by atoms with Crippen molar-refractivity contribution in [3.63, 3.8) is 0 Å². The van der Waals surface area contributed by atoms with Gasteiger partial charge in [-0.25, -0.2) is 4.39 Å². The van der Waals surface area contributed by atoms with Crippen molar-refractivity contribution in [1.29, 1.82) is 0 Å². The maximum absolute atomic E-state index is 13.9. The molecule has 1 N–H and O–H groups in total. The first-order chi connectivity index (χ1) is 14.5. The largest absolute Gasteiger partial charge is 0.370 e. The number of carbonyl (C=O) groups excluding carboxylic acids is 1. The minimum absolute atomic E-state index is 0.0833. The molecule has 2 aromatic rings. The molecule has 0 radical (unpaired) electrons. The standard InChI is InChI=1S/C22H25FN4O3/c23-17-7-9-19(25-10-2-1-3-11-25)18(15-17)24-22(28)16-6-8-20(21(14-16)27(29)30)26-12-4-5-13-26/h6-9,14-15H,1-5,10-13H2,(H,24,28). The van der Waals surface area contributed by atoms with Crippen molar-refractivity contribution >= 4 is 28.7 Å². The zero-order valence-corrected chi connectivity index (χ0v) is 16.8. The summed E-state index contributed by atoms with van der Waals surface area (Å²) in [6, 6.07) is 8.90. The van der Waals surface area contributed by atoms with E-state index in [-0.39, 0.29) is 11.3 Å². The van der Waals surface area contributed by atoms with Crippen LogP contribution in [0.5, 0.6) is 0 Å². The van der Waals surface area contributed by atoms with Crippen LogP contribution < -0.4 is 15.1 Å². The van der Waals surface area contributed by atoms with Crippen LogP contribution in [0.3, 0.4) is 0 Å². The normalized spacial score (nSPS) is 16.6. The summed E-state index contributed by atoms with van der Waals surface area (Å²) in [5.74, 6) is -0.934. The van der Waals surface area contributed by atoms with Crippen LogP contribution in [0.25, 0.3) is 0 Å². The molecule has 158 valence electrons. The molecule has 0 atom stereocenters. The third kappa shape index (κ3) is 4.22. The lowest BCUT2D eigenvalue weighted by molar-refractivity contribution is -0.384. The van der Waals surface area contributed by atoms with Crippen molar-refractivity contribution in [3.8, 4) is 0 Å². The molecule has 0 bridgehead atoms. The van der Waals surface area contributed by atoms with Crippen LogP contribution in [0.15, 0.2) is 36.4 Å². The fraction of sp³-hybridized carbons (Fsp3) is 0.409. The average Bonchev–Trinajstić information content (AvgIpc) is 3.29. The first-order valence-electron chi connectivity index (χ1n) is 10.4. The van der Waals surface area contributed by atoms with Gasteiger partial charge in [0, 0.05) is 37.8 Å². The number of hydrogen-bond donors (Lipinski definition) is 1. The van der Waals surface area contributed by atoms with Gasteiger partial charge in [0.05, 0.1) is 16.3 Å². The minimum Gasteiger partial charge on any atom is -0.370 e. The maximum atomic E-state index is 13.9. The van der Waals surface area contributed by atoms with Gasteiger partial charge in [-0.05, 0) is 62.4 Å². The van der Waals surface area contributed by atoms with Gasteiger partial charge >= 0.3 is 0 Å². The summed E-state index contributed by atoms with van der Waals surface area (Å²) < 4.78 is 13.9. The zero-order valence-electron chi connectivity index (χ0n) is 16.8. The molecule has 0 aromatic heterocycles. The number of nitro benzene ring substituents is 1. The topological polar surface area (TPSA) is 78.7 Å². The third-order valence-corrected chi connectivity index (χ3v) is 5.78. The highest BCUT2D eigenvalue weighted by Gasteiger charge is 2.24. The van der Waals surface area contributed by atoms with E-state index < -0.39 is 16.6 Å². The molecule has 2 aromatic carbocycles. The second kappa shape index (κ2) is 8.69. The zero-order chi connectivity index (χ0) is 21.1. The molecule has 8 heteroatoms. The second-order valence-electron chi connectivity index (χ2n) is 7.82. The van der Waals surface area contributed by atoms with E-state index in [4.69, 9.17) is 0 Å². The fourth-order valence-corrected chi connectivity index (χ4v) is 4.25. The predicted molar refractivity (Wildman–Crippen MR) is 115 cm³/mol. The number of amides is 1. The second-order valence-corrected chi connectivity index (χ2v) is 7.82. The number of hydrogen-bond acceptors (Lipinski definition) is 5. The number of benzene rings is 2. The van der Waals surface area contributed by atoms with E-state index in [0.29, 0.717) is 11.4 Å². The van der Waals surface area contributed by atoms with Crippen molar-refractivity contribution < 1.29 is 14.1 Å². The van der Waals surface area contributed by atoms with E-state index in [0.717, 1.165) is 64.0 Å². The quantitative estimate of drug-likeness (QED) is 0.575. The van der Waals surface area contributed by atoms with Crippen molar-refractivity contribution in [1.82, 2.24) is 0 Å². The number of halogens is 1. The van der Waals surface area contributed by atoms with Gasteiger partial charge in [0.2, 0.25) is 0 Å². The molecule has 0 aliphatic carbocycles. The van der Waals surface area contributed by atoms with E-state index >= 15 is 0 Å². The van der Waals surface area contributed by atoms with Gasteiger partial charge in [-0.2, -0.15) is 0 Å². The van der Waals surface area contributed by atoms with Crippen LogP contribution in [0.4, 0.5) is 27.1 Å². The minimum atomic E-state index is -0.491. The summed E-state index contributed by atoms with van der Waals surface area (Å²) in [7, 11) is 0. The molecule has 2 aliphatic rings. The van der Waals surface area contributed by atoms with Gasteiger partial charge in [-0.1, -0.05) is 0 Å². The van der Waals surface area contributed by atoms with Crippen LogP contribution >= 0.6 is 0 Å². The monoisotopic (exact) mass is 412 g/mol. The van der Waals surface area contributed by atoms with Crippen molar-refractivity contribution in [2.45, 2.75) is 32.1 Å². The number of rotatable bonds is 5. The Bertz CT molecular complexity index is 953. The first-order valence-corrected chi connectivity index (χ1v) is 10.4. The molecule has 0 unspecified atom stereocenters. The highest BCUT2D eigenvalue weighted by Crippen LogP contribution is 2.33. The summed E-state index contributed by atoms with van der Waals surface area (Å²) in [4.78, 5) is 28.1. The third-order valence-electron chi connectivity index (χ3n) is 5.78. The highest BCUT2D eigenvalue weighted by molar-refractivity contribution is 6.06. The summed E-state index contributed by atoms with van der Waals surface area (Å²) in [5, 5.41) is 14.4. The van der Waals surface area contributed by atoms with Gasteiger partial charge < -0.3 is 15.1 Å². The number of anilines is 3. The number of piperidine rings is 1. The molecule has 2 heterocycles. The molecular weight excluding hydrogens is 387 g/mol. The average molecular weight is 412 g/mol. The Labute approximate surface area is 174 Å². The van der Waals surface area contributed by atoms with E-state index in [1.54, 1.807) is 18.2 Å². The number of nitrogens with zero attached hydrogens (tertiary/aromatic N) is 3. The Morgan fingerprint density at radius 1 is 0.900 bits per heavy atom. The maximum Gasteiger partial charge on any atom is 0.293 e. The molecule has 2 fully saturated rings. The van der Waals surface area contributed by atoms with Gasteiger partial charge in [0.15, 0.2) is 0 Å². The summed E-state index contributed by atoms with van der Waals surface area (Å²) in [6.07, 6.45) is 5.26. The fourth-order valence-electron chi connectivity index (χ4n) is 4.25. The molecule has 7 nitrogen and oxygen atoms in total. The van der Waals surface area contributed by atoms with Crippen LogP contribution in [0.2, 0.25) is 0 Å². The first kappa shape index (κ1) is 20.1. The SMILES string of the molecule is O=C(Nc1cc(F)ccc1N1CCCCC1)c1ccc(N2CCCC2)c([N+](=O)[O-])c1. The number of nitro groups is 1. The summed E-state index contributed by atoms with van der Waals surface area (Å²) >= 11 is 0. The van der Waals surface area contributed by atoms with Gasteiger partial charge in [0.25, 0.3) is 11.6 Å². The highest BCUT2D eigenvalue weighted by atomic mass is 19.1. The van der Waals surface area contributed by atoms with Crippen LogP contribution in [-0.2, 0) is 0 Å². The van der Waals surface area contributed by atoms with Crippen LogP contribution in [0.1, 0.15) is 42.5 Å². The molecule has 0 saturated carbocycles. The van der Waals surface area contributed by atoms with Crippen molar-refractivity contribution in [2.24, 2.45) is 0 Å². The Hall–Kier alpha value is -3.16. The molecule has 4 rings (SSSR count). The van der Waals surface area contributed by atoms with Gasteiger partial charge in [-0.15, -0.1) is 0 Å². The van der Waals surface area contributed by atoms with Crippen LogP contribution in [-0.4, -0.2) is 37.0 Å². The Morgan fingerprint density at radius 3 is 2.17 bits per heavy atom. The summed E-state index contributed by atoms with van der Waals surface area (Å²) in [5.41, 5.74) is 1.79. The Balaban J connectivity index is 1.60. The molecule has 0 spiro atoms. The van der Waals surface area contributed by atoms with Crippen LogP contribution in [0, 0.1) is 15.9 Å². The smallest absolute Gasteiger partial charge is 0.293 e. The molecule has 2 aliphatic heterocycles.